The van der Waals surface area contributed by atoms with Crippen molar-refractivity contribution in [2.45, 2.75) is 84.2 Å². The minimum absolute atomic E-state index is 0.173. The number of hydrogen-bond acceptors (Lipinski definition) is 2. The summed E-state index contributed by atoms with van der Waals surface area (Å²) in [7, 11) is 1.60. The fourth-order valence-electron chi connectivity index (χ4n) is 3.54. The second-order valence-electron chi connectivity index (χ2n) is 6.21. The highest BCUT2D eigenvalue weighted by atomic mass is 28.4. The standard InChI is InChI=1S/C16H36O2Si/c1-8-11-12-13-14-19(17-6,18-7)16(4,5)15(9-2)10-3/h15H,8-14H2,1-7H3. The zero-order valence-corrected chi connectivity index (χ0v) is 15.3. The quantitative estimate of drug-likeness (QED) is 0.368. The van der Waals surface area contributed by atoms with E-state index in [2.05, 4.69) is 34.6 Å². The molecule has 0 aliphatic carbocycles. The van der Waals surface area contributed by atoms with E-state index in [1.165, 1.54) is 38.5 Å². The van der Waals surface area contributed by atoms with Gasteiger partial charge in [0.25, 0.3) is 0 Å². The normalized spacial score (nSPS) is 13.3. The Morgan fingerprint density at radius 1 is 0.895 bits per heavy atom. The van der Waals surface area contributed by atoms with Crippen LogP contribution in [0.1, 0.15) is 73.1 Å². The molecule has 116 valence electrons. The predicted molar refractivity (Wildman–Crippen MR) is 86.8 cm³/mol. The van der Waals surface area contributed by atoms with Gasteiger partial charge in [0.05, 0.1) is 0 Å². The highest BCUT2D eigenvalue weighted by Gasteiger charge is 2.53. The van der Waals surface area contributed by atoms with E-state index in [1.54, 1.807) is 0 Å². The van der Waals surface area contributed by atoms with E-state index in [9.17, 15) is 0 Å². The van der Waals surface area contributed by atoms with Gasteiger partial charge in [-0.2, -0.15) is 0 Å². The molecule has 0 aromatic rings. The Bertz CT molecular complexity index is 221. The largest absolute Gasteiger partial charge is 0.397 e. The predicted octanol–water partition coefficient (Wildman–Crippen LogP) is 5.52. The molecule has 0 aromatic heterocycles. The molecular weight excluding hydrogens is 252 g/mol. The van der Waals surface area contributed by atoms with Crippen LogP contribution in [-0.4, -0.2) is 22.8 Å². The Morgan fingerprint density at radius 3 is 1.79 bits per heavy atom. The van der Waals surface area contributed by atoms with Crippen LogP contribution < -0.4 is 0 Å². The number of rotatable bonds is 11. The average Bonchev–Trinajstić information content (AvgIpc) is 2.40. The molecule has 0 radical (unpaired) electrons. The van der Waals surface area contributed by atoms with Gasteiger partial charge >= 0.3 is 8.56 Å². The van der Waals surface area contributed by atoms with Gasteiger partial charge in [0.15, 0.2) is 0 Å². The summed E-state index contributed by atoms with van der Waals surface area (Å²) < 4.78 is 12.1. The number of hydrogen-bond donors (Lipinski definition) is 0. The third-order valence-corrected chi connectivity index (χ3v) is 9.71. The fourth-order valence-corrected chi connectivity index (χ4v) is 7.56. The maximum atomic E-state index is 6.03. The molecule has 0 unspecified atom stereocenters. The lowest BCUT2D eigenvalue weighted by Gasteiger charge is -2.46. The molecule has 2 nitrogen and oxygen atoms in total. The van der Waals surface area contributed by atoms with E-state index >= 15 is 0 Å². The molecule has 0 amide bonds. The third kappa shape index (κ3) is 4.57. The molecule has 0 fully saturated rings. The lowest BCUT2D eigenvalue weighted by atomic mass is 9.90. The van der Waals surface area contributed by atoms with E-state index in [1.807, 2.05) is 14.2 Å². The second kappa shape index (κ2) is 9.14. The summed E-state index contributed by atoms with van der Waals surface area (Å²) in [5, 5.41) is 0.173. The minimum atomic E-state index is -2.13. The Hall–Kier alpha value is 0.137. The van der Waals surface area contributed by atoms with Crippen molar-refractivity contribution in [1.82, 2.24) is 0 Å². The van der Waals surface area contributed by atoms with Crippen molar-refractivity contribution in [1.29, 1.82) is 0 Å². The van der Waals surface area contributed by atoms with E-state index in [0.29, 0.717) is 5.92 Å². The molecule has 0 heterocycles. The van der Waals surface area contributed by atoms with Crippen LogP contribution >= 0.6 is 0 Å². The molecule has 0 aromatic carbocycles. The second-order valence-corrected chi connectivity index (χ2v) is 10.3. The summed E-state index contributed by atoms with van der Waals surface area (Å²) in [6.45, 7) is 11.6. The molecule has 0 rings (SSSR count). The molecule has 0 atom stereocenters. The van der Waals surface area contributed by atoms with Crippen molar-refractivity contribution in [2.24, 2.45) is 5.92 Å². The van der Waals surface area contributed by atoms with Gasteiger partial charge in [-0.05, 0) is 12.0 Å². The molecule has 0 spiro atoms. The van der Waals surface area contributed by atoms with Gasteiger partial charge in [-0.25, -0.2) is 0 Å². The molecule has 0 aliphatic heterocycles. The van der Waals surface area contributed by atoms with E-state index < -0.39 is 8.56 Å². The summed E-state index contributed by atoms with van der Waals surface area (Å²) >= 11 is 0. The Labute approximate surface area is 122 Å². The smallest absolute Gasteiger partial charge is 0.343 e. The molecule has 0 bridgehead atoms. The molecule has 0 aliphatic rings. The van der Waals surface area contributed by atoms with Crippen LogP contribution in [0.15, 0.2) is 0 Å². The van der Waals surface area contributed by atoms with Crippen LogP contribution in [0.2, 0.25) is 11.1 Å². The van der Waals surface area contributed by atoms with Crippen molar-refractivity contribution < 1.29 is 8.85 Å². The lowest BCUT2D eigenvalue weighted by Crippen LogP contribution is -2.52. The zero-order chi connectivity index (χ0) is 14.9. The Morgan fingerprint density at radius 2 is 1.42 bits per heavy atom. The summed E-state index contributed by atoms with van der Waals surface area (Å²) in [6, 6.07) is 1.13. The molecule has 0 N–H and O–H groups in total. The summed E-state index contributed by atoms with van der Waals surface area (Å²) in [5.41, 5.74) is 0. The monoisotopic (exact) mass is 288 g/mol. The van der Waals surface area contributed by atoms with Crippen molar-refractivity contribution in [2.75, 3.05) is 14.2 Å². The van der Waals surface area contributed by atoms with Gasteiger partial charge in [0.1, 0.15) is 0 Å². The third-order valence-electron chi connectivity index (χ3n) is 5.01. The summed E-state index contributed by atoms with van der Waals surface area (Å²) in [6.07, 6.45) is 7.57. The van der Waals surface area contributed by atoms with Gasteiger partial charge in [-0.15, -0.1) is 0 Å². The highest BCUT2D eigenvalue weighted by molar-refractivity contribution is 6.70. The Balaban J connectivity index is 4.92. The SMILES string of the molecule is CCCCCC[Si](OC)(OC)C(C)(C)C(CC)CC. The first-order valence-electron chi connectivity index (χ1n) is 8.05. The molecular formula is C16H36O2Si. The fraction of sp³-hybridized carbons (Fsp3) is 1.00. The maximum Gasteiger partial charge on any atom is 0.343 e. The maximum absolute atomic E-state index is 6.03. The first-order chi connectivity index (χ1) is 8.95. The molecule has 0 saturated heterocycles. The minimum Gasteiger partial charge on any atom is -0.397 e. The van der Waals surface area contributed by atoms with Crippen LogP contribution in [0.5, 0.6) is 0 Å². The van der Waals surface area contributed by atoms with Crippen LogP contribution in [0, 0.1) is 5.92 Å². The zero-order valence-electron chi connectivity index (χ0n) is 14.3. The van der Waals surface area contributed by atoms with E-state index in [0.717, 1.165) is 6.04 Å². The van der Waals surface area contributed by atoms with Gasteiger partial charge in [0, 0.05) is 19.3 Å². The molecule has 0 saturated carbocycles. The van der Waals surface area contributed by atoms with Crippen molar-refractivity contribution >= 4 is 8.56 Å². The molecule has 19 heavy (non-hydrogen) atoms. The highest BCUT2D eigenvalue weighted by Crippen LogP contribution is 2.50. The number of unbranched alkanes of at least 4 members (excludes halogenated alkanes) is 3. The van der Waals surface area contributed by atoms with Crippen LogP contribution in [0.25, 0.3) is 0 Å². The Kier molecular flexibility index (Phi) is 9.21. The average molecular weight is 289 g/mol. The van der Waals surface area contributed by atoms with Crippen molar-refractivity contribution in [3.8, 4) is 0 Å². The van der Waals surface area contributed by atoms with Crippen molar-refractivity contribution in [3.05, 3.63) is 0 Å². The molecule has 3 heteroatoms. The van der Waals surface area contributed by atoms with Crippen molar-refractivity contribution in [3.63, 3.8) is 0 Å². The van der Waals surface area contributed by atoms with E-state index in [-0.39, 0.29) is 5.04 Å². The van der Waals surface area contributed by atoms with Crippen LogP contribution in [0.3, 0.4) is 0 Å². The topological polar surface area (TPSA) is 18.5 Å². The van der Waals surface area contributed by atoms with E-state index in [4.69, 9.17) is 8.85 Å². The van der Waals surface area contributed by atoms with Gasteiger partial charge in [-0.3, -0.25) is 0 Å². The summed E-state index contributed by atoms with van der Waals surface area (Å²) in [4.78, 5) is 0. The lowest BCUT2D eigenvalue weighted by molar-refractivity contribution is 0.178. The van der Waals surface area contributed by atoms with Gasteiger partial charge in [-0.1, -0.05) is 73.1 Å². The van der Waals surface area contributed by atoms with Gasteiger partial charge in [0.2, 0.25) is 0 Å². The summed E-state index contributed by atoms with van der Waals surface area (Å²) in [5.74, 6) is 0.685. The van der Waals surface area contributed by atoms with Crippen LogP contribution in [-0.2, 0) is 8.85 Å². The van der Waals surface area contributed by atoms with Gasteiger partial charge < -0.3 is 8.85 Å². The first-order valence-corrected chi connectivity index (χ1v) is 10.1. The van der Waals surface area contributed by atoms with Crippen LogP contribution in [0.4, 0.5) is 0 Å². The first kappa shape index (κ1) is 19.1.